The van der Waals surface area contributed by atoms with Crippen molar-refractivity contribution >= 4 is 29.0 Å². The molecule has 6 nitrogen and oxygen atoms in total. The molecule has 28 heavy (non-hydrogen) atoms. The molecule has 1 N–H and O–H groups in total. The number of nitrogens with one attached hydrogen (secondary N) is 1. The summed E-state index contributed by atoms with van der Waals surface area (Å²) < 4.78 is 131. The minimum absolute atomic E-state index is 0.336. The summed E-state index contributed by atoms with van der Waals surface area (Å²) in [5.41, 5.74) is -0.759. The van der Waals surface area contributed by atoms with E-state index in [4.69, 9.17) is 0 Å². The van der Waals surface area contributed by atoms with Crippen LogP contribution in [0.3, 0.4) is 0 Å². The molecule has 0 atom stereocenters. The van der Waals surface area contributed by atoms with Gasteiger partial charge in [0, 0.05) is 6.07 Å². The first-order valence-corrected chi connectivity index (χ1v) is 6.68. The van der Waals surface area contributed by atoms with E-state index in [-0.39, 0.29) is 0 Å². The normalized spacial score (nSPS) is 14.0. The van der Waals surface area contributed by atoms with Gasteiger partial charge in [-0.1, -0.05) is 0 Å². The van der Waals surface area contributed by atoms with Crippen molar-refractivity contribution in [1.82, 2.24) is 4.98 Å². The summed E-state index contributed by atoms with van der Waals surface area (Å²) in [5.74, 6) is -33.2. The van der Waals surface area contributed by atoms with Crippen LogP contribution in [0.5, 0.6) is 0 Å². The Kier molecular flexibility index (Phi) is 5.82. The van der Waals surface area contributed by atoms with E-state index in [0.717, 1.165) is 5.32 Å². The average molecular weight is 452 g/mol. The lowest BCUT2D eigenvalue weighted by molar-refractivity contribution is -0.385. The van der Waals surface area contributed by atoms with Crippen molar-refractivity contribution in [2.45, 2.75) is 29.1 Å². The Hall–Kier alpha value is -2.39. The van der Waals surface area contributed by atoms with Crippen LogP contribution in [0, 0.1) is 10.1 Å². The van der Waals surface area contributed by atoms with Crippen molar-refractivity contribution in [3.63, 3.8) is 0 Å². The van der Waals surface area contributed by atoms with E-state index in [1.165, 1.54) is 0 Å². The molecule has 0 aliphatic rings. The number of aromatic nitrogens is 1. The van der Waals surface area contributed by atoms with Crippen LogP contribution in [-0.4, -0.2) is 44.9 Å². The molecule has 158 valence electrons. The van der Waals surface area contributed by atoms with E-state index in [1.54, 1.807) is 0 Å². The predicted octanol–water partition coefficient (Wildman–Crippen LogP) is 4.30. The van der Waals surface area contributed by atoms with Gasteiger partial charge in [0.05, 0.1) is 4.92 Å². The molecular formula is C11H4ClF10N3O3. The minimum atomic E-state index is -7.49. The van der Waals surface area contributed by atoms with Gasteiger partial charge in [-0.25, -0.2) is 4.98 Å². The van der Waals surface area contributed by atoms with Crippen molar-refractivity contribution in [2.24, 2.45) is 0 Å². The number of carbonyl (C=O) groups is 1. The highest BCUT2D eigenvalue weighted by Gasteiger charge is 2.87. The Bertz CT molecular complexity index is 766. The molecule has 1 rings (SSSR count). The number of amides is 1. The molecule has 17 heteroatoms. The molecule has 0 saturated carbocycles. The lowest BCUT2D eigenvalue weighted by Crippen LogP contribution is -2.68. The van der Waals surface area contributed by atoms with Gasteiger partial charge < -0.3 is 5.32 Å². The summed E-state index contributed by atoms with van der Waals surface area (Å²) in [4.78, 5) is 23.5. The van der Waals surface area contributed by atoms with Gasteiger partial charge in [0.25, 0.3) is 5.69 Å². The second-order valence-electron chi connectivity index (χ2n) is 4.91. The summed E-state index contributed by atoms with van der Waals surface area (Å²) in [6.45, 7) is 0. The zero-order chi connectivity index (χ0) is 22.3. The maximum absolute atomic E-state index is 13.5. The van der Waals surface area contributed by atoms with Gasteiger partial charge in [-0.3, -0.25) is 14.9 Å². The second kappa shape index (κ2) is 6.89. The molecule has 0 spiro atoms. The number of nitrogens with zero attached hydrogens (tertiary/aromatic N) is 2. The summed E-state index contributed by atoms with van der Waals surface area (Å²) in [7, 11) is 0. The van der Waals surface area contributed by atoms with Gasteiger partial charge >= 0.3 is 35.0 Å². The maximum Gasteiger partial charge on any atom is 0.393 e. The van der Waals surface area contributed by atoms with Crippen LogP contribution in [0.2, 0.25) is 0 Å². The highest BCUT2D eigenvalue weighted by molar-refractivity contribution is 6.22. The fraction of sp³-hybridized carbons (Fsp3) is 0.455. The summed E-state index contributed by atoms with van der Waals surface area (Å²) in [6.07, 6.45) is 0.336. The average Bonchev–Trinajstić information content (AvgIpc) is 2.53. The number of pyridine rings is 1. The summed E-state index contributed by atoms with van der Waals surface area (Å²) in [6, 6.07) is 0.930. The van der Waals surface area contributed by atoms with Gasteiger partial charge in [0.1, 0.15) is 12.0 Å². The van der Waals surface area contributed by atoms with E-state index in [1.807, 2.05) is 0 Å². The summed E-state index contributed by atoms with van der Waals surface area (Å²) in [5, 5.41) is 4.78. The van der Waals surface area contributed by atoms with Crippen LogP contribution in [0.4, 0.5) is 55.4 Å². The number of anilines is 1. The number of nitro groups is 1. The van der Waals surface area contributed by atoms with Crippen LogP contribution < -0.4 is 5.32 Å². The number of hydrogen-bond acceptors (Lipinski definition) is 4. The molecule has 1 amide bonds. The van der Waals surface area contributed by atoms with E-state index < -0.39 is 51.4 Å². The quantitative estimate of drug-likeness (QED) is 0.290. The third-order valence-electron chi connectivity index (χ3n) is 3.02. The summed E-state index contributed by atoms with van der Waals surface area (Å²) >= 11 is 3.61. The molecule has 0 aromatic carbocycles. The molecule has 0 fully saturated rings. The third kappa shape index (κ3) is 3.64. The van der Waals surface area contributed by atoms with Crippen molar-refractivity contribution in [3.05, 3.63) is 28.4 Å². The molecule has 1 heterocycles. The number of rotatable bonds is 7. The van der Waals surface area contributed by atoms with Crippen molar-refractivity contribution in [1.29, 1.82) is 0 Å². The first-order chi connectivity index (χ1) is 12.3. The molecule has 0 aliphatic carbocycles. The van der Waals surface area contributed by atoms with Crippen LogP contribution in [-0.2, 0) is 4.79 Å². The van der Waals surface area contributed by atoms with Gasteiger partial charge in [0.15, 0.2) is 0 Å². The number of carbonyl (C=O) groups excluding carboxylic acids is 1. The van der Waals surface area contributed by atoms with Crippen LogP contribution >= 0.6 is 11.6 Å². The molecule has 0 aliphatic heterocycles. The second-order valence-corrected chi connectivity index (χ2v) is 5.38. The van der Waals surface area contributed by atoms with E-state index >= 15 is 0 Å². The molecule has 0 unspecified atom stereocenters. The largest absolute Gasteiger partial charge is 0.393 e. The fourth-order valence-corrected chi connectivity index (χ4v) is 1.60. The molecule has 0 radical (unpaired) electrons. The standard InChI is InChI=1S/C11H4ClF10N3O3/c12-11(21,22)10(19,20)9(17,18)8(15,16)7(13,14)6(26)24-5-2-1-4(3-23-5)25(27)28/h1-3H,(H,23,24,26). The Morgan fingerprint density at radius 3 is 1.82 bits per heavy atom. The fourth-order valence-electron chi connectivity index (χ4n) is 1.48. The lowest BCUT2D eigenvalue weighted by atomic mass is 9.98. The molecule has 0 bridgehead atoms. The third-order valence-corrected chi connectivity index (χ3v) is 3.26. The lowest BCUT2D eigenvalue weighted by Gasteiger charge is -2.37. The Balaban J connectivity index is 3.24. The van der Waals surface area contributed by atoms with Crippen molar-refractivity contribution < 1.29 is 53.6 Å². The predicted molar refractivity (Wildman–Crippen MR) is 70.1 cm³/mol. The number of alkyl halides is 11. The minimum Gasteiger partial charge on any atom is -0.305 e. The number of hydrogen-bond donors (Lipinski definition) is 1. The first-order valence-electron chi connectivity index (χ1n) is 6.30. The monoisotopic (exact) mass is 451 g/mol. The van der Waals surface area contributed by atoms with Gasteiger partial charge in [-0.05, 0) is 17.7 Å². The van der Waals surface area contributed by atoms with E-state index in [0.29, 0.717) is 18.3 Å². The zero-order valence-corrected chi connectivity index (χ0v) is 13.3. The van der Waals surface area contributed by atoms with Crippen molar-refractivity contribution in [3.8, 4) is 0 Å². The van der Waals surface area contributed by atoms with Gasteiger partial charge in [0.2, 0.25) is 0 Å². The van der Waals surface area contributed by atoms with Crippen LogP contribution in [0.15, 0.2) is 18.3 Å². The van der Waals surface area contributed by atoms with Gasteiger partial charge in [-0.15, -0.1) is 0 Å². The highest BCUT2D eigenvalue weighted by atomic mass is 35.5. The van der Waals surface area contributed by atoms with Crippen molar-refractivity contribution in [2.75, 3.05) is 5.32 Å². The first kappa shape index (κ1) is 23.6. The topological polar surface area (TPSA) is 85.1 Å². The van der Waals surface area contributed by atoms with Crippen LogP contribution in [0.25, 0.3) is 0 Å². The maximum atomic E-state index is 13.5. The molecule has 1 aromatic heterocycles. The molecule has 0 saturated heterocycles. The van der Waals surface area contributed by atoms with Crippen LogP contribution in [0.1, 0.15) is 0 Å². The van der Waals surface area contributed by atoms with E-state index in [2.05, 4.69) is 16.6 Å². The van der Waals surface area contributed by atoms with E-state index in [9.17, 15) is 58.8 Å². The molecular weight excluding hydrogens is 448 g/mol. The van der Waals surface area contributed by atoms with Gasteiger partial charge in [-0.2, -0.15) is 43.9 Å². The highest BCUT2D eigenvalue weighted by Crippen LogP contribution is 2.58. The Morgan fingerprint density at radius 2 is 1.46 bits per heavy atom. The smallest absolute Gasteiger partial charge is 0.305 e. The zero-order valence-electron chi connectivity index (χ0n) is 12.5. The SMILES string of the molecule is O=C(Nc1ccc([N+](=O)[O-])cn1)C(F)(F)C(F)(F)C(F)(F)C(F)(F)C(F)(F)Cl. The Labute approximate surface area is 151 Å². The molecule has 1 aromatic rings. The number of halogens is 11. The Morgan fingerprint density at radius 1 is 0.964 bits per heavy atom.